The average Bonchev–Trinajstić information content (AvgIpc) is 2.97. The van der Waals surface area contributed by atoms with Gasteiger partial charge in [0.05, 0.1) is 16.3 Å². The van der Waals surface area contributed by atoms with Crippen LogP contribution in [0.3, 0.4) is 0 Å². The van der Waals surface area contributed by atoms with Crippen LogP contribution in [0.2, 0.25) is 0 Å². The maximum atomic E-state index is 15.1. The number of carbonyl (C=O) groups is 1. The molecule has 0 saturated carbocycles. The first-order valence-electron chi connectivity index (χ1n) is 13.3. The standard InChI is InChI=1S/C31H31F2N5OS/c1-20-6-7-21(19-38-14-4-3-5-15-38)16-27(20)35-30(39)23-10-13-26(25(33)17-23)36-31-34-18-28(40-2)29(37-31)22-8-11-24(32)12-9-22/h6-13,16-18H,3-5,14-15,19H2,1-2H3,(H,35,39)(H,34,36,37). The predicted molar refractivity (Wildman–Crippen MR) is 157 cm³/mol. The number of likely N-dealkylation sites (tertiary alicyclic amines) is 1. The van der Waals surface area contributed by atoms with Gasteiger partial charge in [-0.1, -0.05) is 18.6 Å². The van der Waals surface area contributed by atoms with Crippen LogP contribution in [0.4, 0.5) is 26.1 Å². The topological polar surface area (TPSA) is 70.2 Å². The lowest BCUT2D eigenvalue weighted by atomic mass is 10.1. The SMILES string of the molecule is CSc1cnc(Nc2ccc(C(=O)Nc3cc(CN4CCCCC4)ccc3C)cc2F)nc1-c1ccc(F)cc1. The first kappa shape index (κ1) is 27.7. The molecule has 0 aliphatic carbocycles. The normalized spacial score (nSPS) is 13.7. The number of aryl methyl sites for hydroxylation is 1. The Morgan fingerprint density at radius 3 is 2.48 bits per heavy atom. The second kappa shape index (κ2) is 12.6. The van der Waals surface area contributed by atoms with Gasteiger partial charge in [0.25, 0.3) is 5.91 Å². The summed E-state index contributed by atoms with van der Waals surface area (Å²) in [6.07, 6.45) is 7.26. The Hall–Kier alpha value is -3.82. The van der Waals surface area contributed by atoms with E-state index in [1.54, 1.807) is 24.4 Å². The summed E-state index contributed by atoms with van der Waals surface area (Å²) in [5.41, 5.74) is 4.47. The van der Waals surface area contributed by atoms with E-state index >= 15 is 4.39 Å². The Morgan fingerprint density at radius 1 is 0.975 bits per heavy atom. The maximum absolute atomic E-state index is 15.1. The van der Waals surface area contributed by atoms with Crippen LogP contribution < -0.4 is 10.6 Å². The Morgan fingerprint density at radius 2 is 1.75 bits per heavy atom. The molecule has 6 nitrogen and oxygen atoms in total. The van der Waals surface area contributed by atoms with E-state index in [9.17, 15) is 9.18 Å². The fraction of sp³-hybridized carbons (Fsp3) is 0.258. The molecule has 0 atom stereocenters. The van der Waals surface area contributed by atoms with Crippen molar-refractivity contribution in [3.63, 3.8) is 0 Å². The zero-order valence-electron chi connectivity index (χ0n) is 22.5. The lowest BCUT2D eigenvalue weighted by molar-refractivity contribution is 0.102. The number of hydrogen-bond donors (Lipinski definition) is 2. The van der Waals surface area contributed by atoms with Crippen molar-refractivity contribution in [1.29, 1.82) is 0 Å². The second-order valence-corrected chi connectivity index (χ2v) is 10.7. The molecule has 4 aromatic rings. The lowest BCUT2D eigenvalue weighted by Crippen LogP contribution is -2.29. The molecule has 0 unspecified atom stereocenters. The van der Waals surface area contributed by atoms with Crippen LogP contribution in [0, 0.1) is 18.6 Å². The number of nitrogens with zero attached hydrogens (tertiary/aromatic N) is 3. The third kappa shape index (κ3) is 6.66. The molecular formula is C31H31F2N5OS. The minimum atomic E-state index is -0.607. The maximum Gasteiger partial charge on any atom is 0.255 e. The summed E-state index contributed by atoms with van der Waals surface area (Å²) < 4.78 is 28.5. The fourth-order valence-electron chi connectivity index (χ4n) is 4.75. The molecule has 1 fully saturated rings. The number of carbonyl (C=O) groups excluding carboxylic acids is 1. The van der Waals surface area contributed by atoms with Crippen molar-refractivity contribution in [3.8, 4) is 11.3 Å². The highest BCUT2D eigenvalue weighted by atomic mass is 32.2. The second-order valence-electron chi connectivity index (χ2n) is 9.88. The molecule has 2 N–H and O–H groups in total. The van der Waals surface area contributed by atoms with Crippen LogP contribution in [-0.2, 0) is 6.54 Å². The number of benzene rings is 3. The first-order valence-corrected chi connectivity index (χ1v) is 14.5. The molecule has 1 aliphatic rings. The van der Waals surface area contributed by atoms with Crippen LogP contribution in [0.15, 0.2) is 71.8 Å². The van der Waals surface area contributed by atoms with Crippen LogP contribution in [0.25, 0.3) is 11.3 Å². The molecule has 206 valence electrons. The number of hydrogen-bond acceptors (Lipinski definition) is 6. The molecule has 3 aromatic carbocycles. The van der Waals surface area contributed by atoms with Crippen molar-refractivity contribution in [2.24, 2.45) is 0 Å². The Bertz CT molecular complexity index is 1510. The number of rotatable bonds is 8. The highest BCUT2D eigenvalue weighted by Gasteiger charge is 2.16. The van der Waals surface area contributed by atoms with Crippen molar-refractivity contribution in [2.45, 2.75) is 37.6 Å². The molecule has 1 aromatic heterocycles. The van der Waals surface area contributed by atoms with E-state index < -0.39 is 5.82 Å². The molecule has 0 spiro atoms. The quantitative estimate of drug-likeness (QED) is 0.219. The van der Waals surface area contributed by atoms with Gasteiger partial charge >= 0.3 is 0 Å². The van der Waals surface area contributed by atoms with Gasteiger partial charge in [0, 0.05) is 29.6 Å². The van der Waals surface area contributed by atoms with Crippen molar-refractivity contribution >= 4 is 35.0 Å². The fourth-order valence-corrected chi connectivity index (χ4v) is 5.26. The highest BCUT2D eigenvalue weighted by molar-refractivity contribution is 7.98. The summed E-state index contributed by atoms with van der Waals surface area (Å²) >= 11 is 1.46. The monoisotopic (exact) mass is 559 g/mol. The van der Waals surface area contributed by atoms with Gasteiger partial charge in [-0.3, -0.25) is 9.69 Å². The van der Waals surface area contributed by atoms with Crippen molar-refractivity contribution in [2.75, 3.05) is 30.0 Å². The lowest BCUT2D eigenvalue weighted by Gasteiger charge is -2.26. The zero-order valence-corrected chi connectivity index (χ0v) is 23.3. The highest BCUT2D eigenvalue weighted by Crippen LogP contribution is 2.30. The number of amides is 1. The number of thioether (sulfide) groups is 1. The number of aromatic nitrogens is 2. The molecule has 9 heteroatoms. The number of halogens is 2. The van der Waals surface area contributed by atoms with Gasteiger partial charge in [0.2, 0.25) is 5.95 Å². The van der Waals surface area contributed by atoms with Gasteiger partial charge in [-0.2, -0.15) is 0 Å². The molecule has 5 rings (SSSR count). The summed E-state index contributed by atoms with van der Waals surface area (Å²) in [6.45, 7) is 4.97. The van der Waals surface area contributed by atoms with Crippen molar-refractivity contribution in [3.05, 3.63) is 95.2 Å². The van der Waals surface area contributed by atoms with E-state index in [1.807, 2.05) is 25.3 Å². The van der Waals surface area contributed by atoms with Gasteiger partial charge in [0.1, 0.15) is 11.6 Å². The van der Waals surface area contributed by atoms with E-state index in [-0.39, 0.29) is 28.9 Å². The smallest absolute Gasteiger partial charge is 0.255 e. The zero-order chi connectivity index (χ0) is 28.1. The van der Waals surface area contributed by atoms with E-state index in [2.05, 4.69) is 31.6 Å². The predicted octanol–water partition coefficient (Wildman–Crippen LogP) is 7.43. The van der Waals surface area contributed by atoms with Gasteiger partial charge in [-0.15, -0.1) is 11.8 Å². The molecule has 0 radical (unpaired) electrons. The molecule has 2 heterocycles. The Kier molecular flexibility index (Phi) is 8.72. The molecule has 40 heavy (non-hydrogen) atoms. The van der Waals surface area contributed by atoms with Crippen LogP contribution in [0.1, 0.15) is 40.7 Å². The molecule has 0 bridgehead atoms. The summed E-state index contributed by atoms with van der Waals surface area (Å²) in [6, 6.07) is 16.4. The molecular weight excluding hydrogens is 528 g/mol. The molecule has 1 amide bonds. The Balaban J connectivity index is 1.30. The number of anilines is 3. The first-order chi connectivity index (χ1) is 19.4. The van der Waals surface area contributed by atoms with Crippen molar-refractivity contribution in [1.82, 2.24) is 14.9 Å². The minimum Gasteiger partial charge on any atom is -0.322 e. The van der Waals surface area contributed by atoms with Crippen LogP contribution in [0.5, 0.6) is 0 Å². The summed E-state index contributed by atoms with van der Waals surface area (Å²) in [7, 11) is 0. The van der Waals surface area contributed by atoms with Gasteiger partial charge in [-0.25, -0.2) is 18.7 Å². The average molecular weight is 560 g/mol. The van der Waals surface area contributed by atoms with Gasteiger partial charge in [-0.05, 0) is 98.8 Å². The van der Waals surface area contributed by atoms with Gasteiger partial charge in [0.15, 0.2) is 0 Å². The van der Waals surface area contributed by atoms with E-state index in [0.29, 0.717) is 5.69 Å². The largest absolute Gasteiger partial charge is 0.322 e. The van der Waals surface area contributed by atoms with Crippen molar-refractivity contribution < 1.29 is 13.6 Å². The molecule has 1 saturated heterocycles. The van der Waals surface area contributed by atoms with Gasteiger partial charge < -0.3 is 10.6 Å². The third-order valence-corrected chi connectivity index (χ3v) is 7.71. The molecule has 1 aliphatic heterocycles. The summed E-state index contributed by atoms with van der Waals surface area (Å²) in [5.74, 6) is -1.14. The van der Waals surface area contributed by atoms with E-state index in [4.69, 9.17) is 0 Å². The van der Waals surface area contributed by atoms with E-state index in [0.717, 1.165) is 46.9 Å². The Labute approximate surface area is 237 Å². The summed E-state index contributed by atoms with van der Waals surface area (Å²) in [5, 5.41) is 5.84. The number of nitrogens with one attached hydrogen (secondary N) is 2. The van der Waals surface area contributed by atoms with Crippen LogP contribution in [-0.4, -0.2) is 40.1 Å². The number of piperidine rings is 1. The third-order valence-electron chi connectivity index (χ3n) is 6.98. The van der Waals surface area contributed by atoms with Crippen LogP contribution >= 0.6 is 11.8 Å². The minimum absolute atomic E-state index is 0.137. The van der Waals surface area contributed by atoms with E-state index in [1.165, 1.54) is 55.3 Å². The summed E-state index contributed by atoms with van der Waals surface area (Å²) in [4.78, 5) is 25.1.